The zero-order valence-corrected chi connectivity index (χ0v) is 48.1. The fourth-order valence-corrected chi connectivity index (χ4v) is 9.80. The van der Waals surface area contributed by atoms with Crippen molar-refractivity contribution in [1.82, 2.24) is 20.1 Å². The molecule has 7 rings (SSSR count). The second-order valence-electron chi connectivity index (χ2n) is 20.4. The number of carbonyl (C=O) groups excluding carboxylic acids is 6. The van der Waals surface area contributed by atoms with E-state index in [1.165, 1.54) is 30.3 Å². The number of nitrogens with zero attached hydrogens (tertiary/aromatic N) is 2. The molecule has 0 aliphatic carbocycles. The van der Waals surface area contributed by atoms with E-state index in [1.807, 2.05) is 48.7 Å². The maximum atomic E-state index is 14.6. The number of rotatable bonds is 38. The topological polar surface area (TPSA) is 298 Å². The summed E-state index contributed by atoms with van der Waals surface area (Å²) in [5.74, 6) is -4.68. The van der Waals surface area contributed by atoms with Crippen molar-refractivity contribution in [1.29, 1.82) is 0 Å². The molecular formula is C62H74FN5O18. The summed E-state index contributed by atoms with van der Waals surface area (Å²) in [6, 6.07) is 25.6. The number of carbonyl (C=O) groups is 7. The molecule has 3 heterocycles. The van der Waals surface area contributed by atoms with Crippen LogP contribution in [0.15, 0.2) is 97.1 Å². The van der Waals surface area contributed by atoms with Crippen LogP contribution in [0.4, 0.5) is 10.1 Å². The average molecular weight is 1200 g/mol. The number of aromatic nitrogens is 1. The number of amides is 6. The van der Waals surface area contributed by atoms with Crippen LogP contribution in [0.1, 0.15) is 88.6 Å². The number of halogens is 1. The van der Waals surface area contributed by atoms with E-state index in [4.69, 9.17) is 43.0 Å². The quantitative estimate of drug-likeness (QED) is 0.0213. The third kappa shape index (κ3) is 19.0. The van der Waals surface area contributed by atoms with Crippen molar-refractivity contribution < 1.29 is 91.2 Å². The monoisotopic (exact) mass is 1200 g/mol. The number of hydrogen-bond donors (Lipinski definition) is 6. The zero-order valence-electron chi connectivity index (χ0n) is 48.1. The number of benzene rings is 4. The first kappa shape index (κ1) is 65.6. The molecule has 1 saturated heterocycles. The second-order valence-corrected chi connectivity index (χ2v) is 20.4. The Morgan fingerprint density at radius 3 is 1.87 bits per heavy atom. The average Bonchev–Trinajstić information content (AvgIpc) is 1.70. The summed E-state index contributed by atoms with van der Waals surface area (Å²) in [5.41, 5.74) is 4.25. The smallest absolute Gasteiger partial charge is 0.305 e. The highest BCUT2D eigenvalue weighted by Gasteiger charge is 2.46. The lowest BCUT2D eigenvalue weighted by Crippen LogP contribution is -2.54. The molecule has 2 aliphatic rings. The molecule has 23 nitrogen and oxygen atoms in total. The van der Waals surface area contributed by atoms with Crippen molar-refractivity contribution in [2.24, 2.45) is 0 Å². The Kier molecular flexibility index (Phi) is 25.7. The van der Waals surface area contributed by atoms with E-state index in [2.05, 4.69) is 16.0 Å². The van der Waals surface area contributed by atoms with Crippen LogP contribution in [0, 0.1) is 5.82 Å². The molecule has 0 radical (unpaired) electrons. The molecule has 1 aromatic heterocycles. The zero-order chi connectivity index (χ0) is 61.4. The number of aliphatic hydroxyl groups excluding tert-OH is 2. The molecule has 24 heteroatoms. The van der Waals surface area contributed by atoms with Gasteiger partial charge in [-0.25, -0.2) is 4.39 Å². The number of aliphatic carboxylic acids is 1. The summed E-state index contributed by atoms with van der Waals surface area (Å²) in [6.07, 6.45) is -2.77. The second kappa shape index (κ2) is 33.7. The van der Waals surface area contributed by atoms with E-state index >= 15 is 0 Å². The van der Waals surface area contributed by atoms with Crippen molar-refractivity contribution >= 4 is 47.1 Å². The standard InChI is InChI=1S/C62H74FN5O18/c1-40(2)57-56(54(41-7-4-3-5-8-41)58(42-11-13-43(63)14-12-42)67(57)23-21-45(69)37-46(70)38-53(73)74)60(76)65-44-15-17-47(18-16-44)85-36-35-84-34-33-83-32-31-82-30-29-81-28-27-80-26-25-79-24-22-64-52(72)39-86-50-10-6-9-48-55(50)62(78)68(61(48)77)49-19-20-51(71)66-59(49)75/h3-18,40,45-46,49,69-70H,19-39H2,1-2H3,(H,64,72)(H,65,76)(H,73,74)(H,66,71,75)/t45-,46-,49?/m1/s1. The van der Waals surface area contributed by atoms with E-state index in [9.17, 15) is 48.2 Å². The van der Waals surface area contributed by atoms with Crippen LogP contribution in [-0.4, -0.2) is 183 Å². The number of anilines is 1. The molecule has 5 aromatic rings. The van der Waals surface area contributed by atoms with Crippen LogP contribution in [-0.2, 0) is 54.1 Å². The summed E-state index contributed by atoms with van der Waals surface area (Å²) >= 11 is 0. The van der Waals surface area contributed by atoms with Crippen LogP contribution in [0.25, 0.3) is 22.4 Å². The number of carboxylic acid groups (broad SMARTS) is 1. The third-order valence-electron chi connectivity index (χ3n) is 13.7. The number of imide groups is 2. The SMILES string of the molecule is CC(C)c1c(C(=O)Nc2ccc(OCCOCCOCCOCCOCCOCCOCCNC(=O)COc3cccc4c3C(=O)N(C3CCC(=O)NC3=O)C4=O)cc2)c(-c2ccccc2)c(-c2ccc(F)cc2)n1CC[C@@H](O)C[C@@H](O)CC(=O)O. The van der Waals surface area contributed by atoms with Crippen molar-refractivity contribution in [3.63, 3.8) is 0 Å². The Morgan fingerprint density at radius 1 is 0.674 bits per heavy atom. The highest BCUT2D eigenvalue weighted by atomic mass is 19.1. The Bertz CT molecular complexity index is 3070. The van der Waals surface area contributed by atoms with E-state index < -0.39 is 72.6 Å². The minimum atomic E-state index is -1.24. The van der Waals surface area contributed by atoms with E-state index in [0.717, 1.165) is 10.5 Å². The number of hydrogen-bond acceptors (Lipinski definition) is 17. The Labute approximate surface area is 496 Å². The highest BCUT2D eigenvalue weighted by molar-refractivity contribution is 6.24. The fraction of sp³-hybridized carbons (Fsp3) is 0.435. The van der Waals surface area contributed by atoms with Gasteiger partial charge in [0.25, 0.3) is 23.6 Å². The van der Waals surface area contributed by atoms with E-state index in [0.29, 0.717) is 106 Å². The summed E-state index contributed by atoms with van der Waals surface area (Å²) < 4.78 is 61.1. The van der Waals surface area contributed by atoms with Gasteiger partial charge in [-0.2, -0.15) is 0 Å². The Morgan fingerprint density at radius 2 is 1.28 bits per heavy atom. The van der Waals surface area contributed by atoms with Gasteiger partial charge in [-0.15, -0.1) is 0 Å². The lowest BCUT2D eigenvalue weighted by Gasteiger charge is -2.27. The summed E-state index contributed by atoms with van der Waals surface area (Å²) in [7, 11) is 0. The van der Waals surface area contributed by atoms with Gasteiger partial charge in [-0.1, -0.05) is 50.2 Å². The predicted octanol–water partition coefficient (Wildman–Crippen LogP) is 5.39. The maximum Gasteiger partial charge on any atom is 0.305 e. The van der Waals surface area contributed by atoms with E-state index in [1.54, 1.807) is 36.4 Å². The van der Waals surface area contributed by atoms with Gasteiger partial charge in [0, 0.05) is 36.5 Å². The Balaban J connectivity index is 0.712. The molecule has 1 unspecified atom stereocenters. The largest absolute Gasteiger partial charge is 0.491 e. The summed E-state index contributed by atoms with van der Waals surface area (Å²) in [5, 5.41) is 38.2. The summed E-state index contributed by atoms with van der Waals surface area (Å²) in [6.45, 7) is 8.22. The van der Waals surface area contributed by atoms with E-state index in [-0.39, 0.29) is 87.3 Å². The molecule has 2 aliphatic heterocycles. The highest BCUT2D eigenvalue weighted by Crippen LogP contribution is 2.43. The van der Waals surface area contributed by atoms with Gasteiger partial charge in [0.15, 0.2) is 6.61 Å². The minimum Gasteiger partial charge on any atom is -0.491 e. The number of carboxylic acids is 1. The molecule has 0 bridgehead atoms. The number of ether oxygens (including phenoxy) is 8. The lowest BCUT2D eigenvalue weighted by molar-refractivity contribution is -0.140. The molecule has 3 atom stereocenters. The van der Waals surface area contributed by atoms with Gasteiger partial charge in [0.1, 0.15) is 30.0 Å². The molecule has 462 valence electrons. The van der Waals surface area contributed by atoms with Crippen LogP contribution in [0.5, 0.6) is 11.5 Å². The molecule has 6 amide bonds. The molecular weight excluding hydrogens is 1120 g/mol. The minimum absolute atomic E-state index is 0.00596. The summed E-state index contributed by atoms with van der Waals surface area (Å²) in [4.78, 5) is 89.2. The molecule has 6 N–H and O–H groups in total. The lowest BCUT2D eigenvalue weighted by atomic mass is 9.94. The number of piperidine rings is 1. The van der Waals surface area contributed by atoms with Crippen LogP contribution in [0.3, 0.4) is 0 Å². The van der Waals surface area contributed by atoms with Gasteiger partial charge >= 0.3 is 5.97 Å². The molecule has 4 aromatic carbocycles. The van der Waals surface area contributed by atoms with Crippen molar-refractivity contribution in [2.75, 3.05) is 104 Å². The first-order chi connectivity index (χ1) is 41.6. The van der Waals surface area contributed by atoms with Crippen molar-refractivity contribution in [3.8, 4) is 33.9 Å². The third-order valence-corrected chi connectivity index (χ3v) is 13.7. The number of aliphatic hydroxyl groups is 2. The van der Waals surface area contributed by atoms with Crippen molar-refractivity contribution in [2.45, 2.75) is 76.7 Å². The molecule has 86 heavy (non-hydrogen) atoms. The maximum absolute atomic E-state index is 14.6. The van der Waals surface area contributed by atoms with Crippen LogP contribution >= 0.6 is 0 Å². The van der Waals surface area contributed by atoms with Gasteiger partial charge in [0.2, 0.25) is 11.8 Å². The fourth-order valence-electron chi connectivity index (χ4n) is 9.80. The Hall–Kier alpha value is -7.94. The first-order valence-corrected chi connectivity index (χ1v) is 28.5. The van der Waals surface area contributed by atoms with Crippen molar-refractivity contribution in [3.05, 3.63) is 125 Å². The molecule has 0 saturated carbocycles. The normalized spacial score (nSPS) is 14.7. The van der Waals surface area contributed by atoms with Crippen LogP contribution in [0.2, 0.25) is 0 Å². The van der Waals surface area contributed by atoms with Gasteiger partial charge in [-0.05, 0) is 97.0 Å². The van der Waals surface area contributed by atoms with Gasteiger partial charge in [-0.3, -0.25) is 43.8 Å². The number of nitrogens with one attached hydrogen (secondary N) is 3. The first-order valence-electron chi connectivity index (χ1n) is 28.5. The molecule has 1 fully saturated rings. The predicted molar refractivity (Wildman–Crippen MR) is 309 cm³/mol. The van der Waals surface area contributed by atoms with Gasteiger partial charge < -0.3 is 68.4 Å². The van der Waals surface area contributed by atoms with Crippen LogP contribution < -0.4 is 25.4 Å². The number of fused-ring (bicyclic) bond motifs is 1. The van der Waals surface area contributed by atoms with Gasteiger partial charge in [0.05, 0.1) is 120 Å². The molecule has 0 spiro atoms.